The molecule has 1 aromatic rings. The van der Waals surface area contributed by atoms with Gasteiger partial charge in [0.05, 0.1) is 11.5 Å². The number of fused-ring (bicyclic) bond motifs is 1. The summed E-state index contributed by atoms with van der Waals surface area (Å²) in [7, 11) is 2.02. The normalized spacial score (nSPS) is 48.9. The van der Waals surface area contributed by atoms with Crippen molar-refractivity contribution in [2.45, 2.75) is 35.0 Å². The van der Waals surface area contributed by atoms with Crippen molar-refractivity contribution in [3.05, 3.63) is 35.4 Å². The molecule has 3 unspecified atom stereocenters. The molecule has 2 bridgehead atoms. The first-order valence-electron chi connectivity index (χ1n) is 7.65. The summed E-state index contributed by atoms with van der Waals surface area (Å²) in [6, 6.07) is 3.58. The van der Waals surface area contributed by atoms with E-state index in [1.54, 1.807) is 12.1 Å². The molecule has 2 spiro atoms. The average Bonchev–Trinajstić information content (AvgIpc) is 3.00. The first kappa shape index (κ1) is 11.7. The minimum atomic E-state index is -1.11. The number of hydrogen-bond donors (Lipinski definition) is 2. The van der Waals surface area contributed by atoms with Crippen LogP contribution in [0.5, 0.6) is 11.5 Å². The van der Waals surface area contributed by atoms with Gasteiger partial charge in [0.1, 0.15) is 5.60 Å². The molecule has 1 saturated heterocycles. The van der Waals surface area contributed by atoms with E-state index in [1.165, 1.54) is 6.08 Å². The molecule has 3 aliphatic carbocycles. The summed E-state index contributed by atoms with van der Waals surface area (Å²) in [5.41, 5.74) is 0.0568. The molecule has 2 heterocycles. The Morgan fingerprint density at radius 1 is 1.41 bits per heavy atom. The molecule has 5 aliphatic rings. The number of benzene rings is 1. The van der Waals surface area contributed by atoms with E-state index in [4.69, 9.17) is 4.74 Å². The summed E-state index contributed by atoms with van der Waals surface area (Å²) in [6.07, 6.45) is 3.14. The molecule has 1 aromatic carbocycles. The Morgan fingerprint density at radius 3 is 3.00 bits per heavy atom. The number of ketones is 1. The van der Waals surface area contributed by atoms with E-state index in [0.29, 0.717) is 5.75 Å². The fourth-order valence-electron chi connectivity index (χ4n) is 6.38. The smallest absolute Gasteiger partial charge is 0.196 e. The third-order valence-electron chi connectivity index (χ3n) is 6.78. The molecular weight excluding hydrogens is 282 g/mol. The molecule has 22 heavy (non-hydrogen) atoms. The van der Waals surface area contributed by atoms with E-state index < -0.39 is 17.1 Å². The monoisotopic (exact) mass is 297 g/mol. The maximum atomic E-state index is 12.4. The number of rotatable bonds is 0. The molecule has 5 heteroatoms. The quantitative estimate of drug-likeness (QED) is 0.717. The number of carbonyl (C=O) groups is 1. The molecule has 5 nitrogen and oxygen atoms in total. The maximum Gasteiger partial charge on any atom is 0.196 e. The summed E-state index contributed by atoms with van der Waals surface area (Å²) in [6.45, 7) is 0.869. The number of phenols is 1. The van der Waals surface area contributed by atoms with Gasteiger partial charge in [0.15, 0.2) is 23.4 Å². The van der Waals surface area contributed by atoms with Crippen molar-refractivity contribution in [3.8, 4) is 11.5 Å². The lowest BCUT2D eigenvalue weighted by molar-refractivity contribution is -0.136. The molecular formula is C17H15NO4. The summed E-state index contributed by atoms with van der Waals surface area (Å²) in [5.74, 6) is 0.348. The Hall–Kier alpha value is -1.85. The van der Waals surface area contributed by atoms with Gasteiger partial charge in [0, 0.05) is 17.5 Å². The van der Waals surface area contributed by atoms with E-state index in [1.807, 2.05) is 13.1 Å². The van der Waals surface area contributed by atoms with Crippen LogP contribution in [-0.4, -0.2) is 52.2 Å². The number of ether oxygens (including phenoxy) is 1. The van der Waals surface area contributed by atoms with Crippen molar-refractivity contribution >= 4 is 5.78 Å². The molecule has 0 radical (unpaired) electrons. The van der Waals surface area contributed by atoms with Crippen LogP contribution in [0.2, 0.25) is 0 Å². The standard InChI is InChI=1S/C17H15NO4/c1-18-7-15-6-16-11-8(15)2-3-9(19)12(11)22-13(16)10(20)4-5-17(16,21)14(15)18/h2-5,13-14,19,21H,6-7H2,1H3/t13?,14-,15?,16+,17?/m1/s1. The Morgan fingerprint density at radius 2 is 2.23 bits per heavy atom. The first-order valence-corrected chi connectivity index (χ1v) is 7.65. The van der Waals surface area contributed by atoms with E-state index >= 15 is 0 Å². The highest BCUT2D eigenvalue weighted by Crippen LogP contribution is 2.76. The lowest BCUT2D eigenvalue weighted by Gasteiger charge is -2.59. The second-order valence-electron chi connectivity index (χ2n) is 7.52. The second kappa shape index (κ2) is 2.84. The van der Waals surface area contributed by atoms with Gasteiger partial charge < -0.3 is 14.9 Å². The molecule has 0 amide bonds. The van der Waals surface area contributed by atoms with Crippen molar-refractivity contribution in [2.24, 2.45) is 0 Å². The van der Waals surface area contributed by atoms with Crippen LogP contribution < -0.4 is 4.74 Å². The summed E-state index contributed by atoms with van der Waals surface area (Å²) < 4.78 is 5.88. The highest BCUT2D eigenvalue weighted by Gasteiger charge is 2.85. The Balaban J connectivity index is 1.80. The van der Waals surface area contributed by atoms with Crippen LogP contribution in [0.25, 0.3) is 0 Å². The maximum absolute atomic E-state index is 12.4. The second-order valence-corrected chi connectivity index (χ2v) is 7.52. The van der Waals surface area contributed by atoms with Crippen LogP contribution in [0.1, 0.15) is 17.5 Å². The molecule has 2 fully saturated rings. The summed E-state index contributed by atoms with van der Waals surface area (Å²) >= 11 is 0. The molecule has 6 rings (SSSR count). The molecule has 1 saturated carbocycles. The lowest BCUT2D eigenvalue weighted by Crippen LogP contribution is -2.74. The predicted molar refractivity (Wildman–Crippen MR) is 76.0 cm³/mol. The van der Waals surface area contributed by atoms with E-state index in [0.717, 1.165) is 24.1 Å². The fraction of sp³-hybridized carbons (Fsp3) is 0.471. The Labute approximate surface area is 126 Å². The third-order valence-corrected chi connectivity index (χ3v) is 6.78. The highest BCUT2D eigenvalue weighted by atomic mass is 16.5. The molecule has 5 atom stereocenters. The van der Waals surface area contributed by atoms with Gasteiger partial charge in [-0.25, -0.2) is 0 Å². The van der Waals surface area contributed by atoms with E-state index in [2.05, 4.69) is 4.90 Å². The largest absolute Gasteiger partial charge is 0.504 e. The van der Waals surface area contributed by atoms with E-state index in [9.17, 15) is 15.0 Å². The van der Waals surface area contributed by atoms with Crippen molar-refractivity contribution in [1.82, 2.24) is 4.90 Å². The lowest BCUT2D eigenvalue weighted by atomic mass is 9.57. The average molecular weight is 297 g/mol. The van der Waals surface area contributed by atoms with Crippen molar-refractivity contribution in [2.75, 3.05) is 13.6 Å². The van der Waals surface area contributed by atoms with Crippen molar-refractivity contribution < 1.29 is 19.7 Å². The number of likely N-dealkylation sites (N-methyl/N-ethyl adjacent to an activating group) is 1. The Bertz CT molecular complexity index is 832. The zero-order chi connectivity index (χ0) is 15.1. The van der Waals surface area contributed by atoms with E-state index in [-0.39, 0.29) is 23.0 Å². The Kier molecular flexibility index (Phi) is 1.51. The molecule has 112 valence electrons. The van der Waals surface area contributed by atoms with Gasteiger partial charge in [-0.1, -0.05) is 6.07 Å². The first-order chi connectivity index (χ1) is 10.5. The molecule has 2 aliphatic heterocycles. The minimum absolute atomic E-state index is 0.0292. The topological polar surface area (TPSA) is 70.0 Å². The van der Waals surface area contributed by atoms with Gasteiger partial charge in [-0.05, 0) is 37.3 Å². The van der Waals surface area contributed by atoms with Gasteiger partial charge >= 0.3 is 0 Å². The van der Waals surface area contributed by atoms with Crippen LogP contribution in [-0.2, 0) is 15.6 Å². The van der Waals surface area contributed by atoms with Crippen LogP contribution in [0.4, 0.5) is 0 Å². The third kappa shape index (κ3) is 0.772. The minimum Gasteiger partial charge on any atom is -0.504 e. The zero-order valence-electron chi connectivity index (χ0n) is 12.0. The van der Waals surface area contributed by atoms with Gasteiger partial charge in [-0.3, -0.25) is 9.69 Å². The van der Waals surface area contributed by atoms with Gasteiger partial charge in [0.2, 0.25) is 0 Å². The number of aromatic hydroxyl groups is 1. The van der Waals surface area contributed by atoms with Crippen molar-refractivity contribution in [3.63, 3.8) is 0 Å². The SMILES string of the molecule is CN1CC23C[C@]45c6c2ccc(O)c6OC4C(=O)C=CC5(O)[C@H]13. The number of hydrogen-bond acceptors (Lipinski definition) is 5. The summed E-state index contributed by atoms with van der Waals surface area (Å²) in [5, 5.41) is 21.8. The van der Waals surface area contributed by atoms with Gasteiger partial charge in [0.25, 0.3) is 0 Å². The van der Waals surface area contributed by atoms with Crippen molar-refractivity contribution in [1.29, 1.82) is 0 Å². The fourth-order valence-corrected chi connectivity index (χ4v) is 6.38. The number of likely N-dealkylation sites (tertiary alicyclic amines) is 1. The number of phenolic OH excluding ortho intramolecular Hbond substituents is 1. The highest BCUT2D eigenvalue weighted by molar-refractivity contribution is 6.00. The summed E-state index contributed by atoms with van der Waals surface area (Å²) in [4.78, 5) is 14.6. The van der Waals surface area contributed by atoms with Gasteiger partial charge in [-0.2, -0.15) is 0 Å². The van der Waals surface area contributed by atoms with Crippen LogP contribution >= 0.6 is 0 Å². The molecule has 2 N–H and O–H groups in total. The van der Waals surface area contributed by atoms with Crippen LogP contribution in [0.3, 0.4) is 0 Å². The predicted octanol–water partition coefficient (Wildman–Crippen LogP) is 0.230. The number of carbonyl (C=O) groups excluding carboxylic acids is 1. The number of nitrogens with zero attached hydrogens (tertiary/aromatic N) is 1. The number of aliphatic hydroxyl groups is 1. The zero-order valence-corrected chi connectivity index (χ0v) is 12.0. The van der Waals surface area contributed by atoms with Crippen LogP contribution in [0.15, 0.2) is 24.3 Å². The van der Waals surface area contributed by atoms with Gasteiger partial charge in [-0.15, -0.1) is 0 Å². The van der Waals surface area contributed by atoms with Crippen LogP contribution in [0, 0.1) is 0 Å². The molecule has 0 aromatic heterocycles.